The van der Waals surface area contributed by atoms with E-state index >= 15 is 0 Å². The number of nitrogens with zero attached hydrogens (tertiary/aromatic N) is 1. The molecule has 2 rings (SSSR count). The van der Waals surface area contributed by atoms with Crippen molar-refractivity contribution in [1.82, 2.24) is 15.5 Å². The van der Waals surface area contributed by atoms with Crippen molar-refractivity contribution in [1.29, 1.82) is 0 Å². The summed E-state index contributed by atoms with van der Waals surface area (Å²) in [6, 6.07) is 10.9. The van der Waals surface area contributed by atoms with Gasteiger partial charge in [-0.15, -0.1) is 0 Å². The first-order valence-corrected chi connectivity index (χ1v) is 6.56. The molecular formula is C14H21N3O. The second-order valence-corrected chi connectivity index (χ2v) is 4.76. The highest BCUT2D eigenvalue weighted by atomic mass is 16.2. The second kappa shape index (κ2) is 6.40. The zero-order valence-electron chi connectivity index (χ0n) is 10.9. The van der Waals surface area contributed by atoms with Gasteiger partial charge in [0.2, 0.25) is 0 Å². The SMILES string of the molecule is CC(Cc1ccccc1)NCCN1CCNC1=O. The van der Waals surface area contributed by atoms with Gasteiger partial charge < -0.3 is 15.5 Å². The van der Waals surface area contributed by atoms with Gasteiger partial charge in [-0.1, -0.05) is 30.3 Å². The highest BCUT2D eigenvalue weighted by Gasteiger charge is 2.18. The molecule has 0 radical (unpaired) electrons. The van der Waals surface area contributed by atoms with Gasteiger partial charge in [0, 0.05) is 32.2 Å². The summed E-state index contributed by atoms with van der Waals surface area (Å²) in [4.78, 5) is 13.2. The van der Waals surface area contributed by atoms with Crippen molar-refractivity contribution in [3.63, 3.8) is 0 Å². The minimum Gasteiger partial charge on any atom is -0.336 e. The van der Waals surface area contributed by atoms with Crippen molar-refractivity contribution in [3.8, 4) is 0 Å². The van der Waals surface area contributed by atoms with Crippen LogP contribution >= 0.6 is 0 Å². The van der Waals surface area contributed by atoms with E-state index in [0.717, 1.165) is 32.6 Å². The topological polar surface area (TPSA) is 44.4 Å². The molecule has 0 aliphatic carbocycles. The van der Waals surface area contributed by atoms with E-state index in [9.17, 15) is 4.79 Å². The molecular weight excluding hydrogens is 226 g/mol. The summed E-state index contributed by atoms with van der Waals surface area (Å²) in [6.45, 7) is 5.41. The minimum absolute atomic E-state index is 0.0625. The Bertz CT molecular complexity index is 380. The summed E-state index contributed by atoms with van der Waals surface area (Å²) in [5.74, 6) is 0. The molecule has 2 N–H and O–H groups in total. The van der Waals surface area contributed by atoms with E-state index in [1.807, 2.05) is 11.0 Å². The molecule has 0 bridgehead atoms. The summed E-state index contributed by atoms with van der Waals surface area (Å²) in [5, 5.41) is 6.26. The fourth-order valence-corrected chi connectivity index (χ4v) is 2.21. The molecule has 4 nitrogen and oxygen atoms in total. The fourth-order valence-electron chi connectivity index (χ4n) is 2.21. The third-order valence-electron chi connectivity index (χ3n) is 3.20. The van der Waals surface area contributed by atoms with Crippen LogP contribution in [0.2, 0.25) is 0 Å². The summed E-state index contributed by atoms with van der Waals surface area (Å²) in [6.07, 6.45) is 1.02. The van der Waals surface area contributed by atoms with Crippen LogP contribution < -0.4 is 10.6 Å². The first-order valence-electron chi connectivity index (χ1n) is 6.56. The van der Waals surface area contributed by atoms with Crippen LogP contribution in [0.4, 0.5) is 4.79 Å². The third kappa shape index (κ3) is 3.74. The van der Waals surface area contributed by atoms with Crippen molar-refractivity contribution in [2.45, 2.75) is 19.4 Å². The lowest BCUT2D eigenvalue weighted by Crippen LogP contribution is -2.38. The van der Waals surface area contributed by atoms with Crippen LogP contribution in [-0.2, 0) is 6.42 Å². The maximum atomic E-state index is 11.3. The van der Waals surface area contributed by atoms with Crippen LogP contribution in [-0.4, -0.2) is 43.2 Å². The number of rotatable bonds is 6. The van der Waals surface area contributed by atoms with Gasteiger partial charge in [-0.05, 0) is 18.9 Å². The Labute approximate surface area is 108 Å². The lowest BCUT2D eigenvalue weighted by molar-refractivity contribution is 0.217. The number of hydrogen-bond acceptors (Lipinski definition) is 2. The molecule has 1 fully saturated rings. The highest BCUT2D eigenvalue weighted by molar-refractivity contribution is 5.76. The Morgan fingerprint density at radius 2 is 2.17 bits per heavy atom. The van der Waals surface area contributed by atoms with Gasteiger partial charge >= 0.3 is 6.03 Å². The minimum atomic E-state index is 0.0625. The zero-order chi connectivity index (χ0) is 12.8. The molecule has 1 unspecified atom stereocenters. The molecule has 4 heteroatoms. The van der Waals surface area contributed by atoms with E-state index in [1.165, 1.54) is 5.56 Å². The first kappa shape index (κ1) is 12.9. The van der Waals surface area contributed by atoms with Crippen molar-refractivity contribution >= 4 is 6.03 Å². The van der Waals surface area contributed by atoms with Gasteiger partial charge in [-0.2, -0.15) is 0 Å². The van der Waals surface area contributed by atoms with Gasteiger partial charge in [-0.25, -0.2) is 4.79 Å². The average Bonchev–Trinajstić information content (AvgIpc) is 2.76. The van der Waals surface area contributed by atoms with E-state index < -0.39 is 0 Å². The predicted octanol–water partition coefficient (Wildman–Crippen LogP) is 1.23. The van der Waals surface area contributed by atoms with E-state index in [1.54, 1.807) is 0 Å². The maximum Gasteiger partial charge on any atom is 0.317 e. The van der Waals surface area contributed by atoms with Crippen molar-refractivity contribution in [3.05, 3.63) is 35.9 Å². The van der Waals surface area contributed by atoms with Crippen LogP contribution in [0.15, 0.2) is 30.3 Å². The van der Waals surface area contributed by atoms with E-state index in [-0.39, 0.29) is 6.03 Å². The summed E-state index contributed by atoms with van der Waals surface area (Å²) >= 11 is 0. The molecule has 98 valence electrons. The molecule has 1 aliphatic rings. The van der Waals surface area contributed by atoms with Gasteiger partial charge in [-0.3, -0.25) is 0 Å². The molecule has 1 aromatic carbocycles. The number of carbonyl (C=O) groups is 1. The van der Waals surface area contributed by atoms with Crippen molar-refractivity contribution < 1.29 is 4.79 Å². The van der Waals surface area contributed by atoms with Gasteiger partial charge in [0.15, 0.2) is 0 Å². The zero-order valence-corrected chi connectivity index (χ0v) is 10.9. The fraction of sp³-hybridized carbons (Fsp3) is 0.500. The largest absolute Gasteiger partial charge is 0.336 e. The maximum absolute atomic E-state index is 11.3. The molecule has 18 heavy (non-hydrogen) atoms. The van der Waals surface area contributed by atoms with Crippen molar-refractivity contribution in [2.75, 3.05) is 26.2 Å². The molecule has 0 spiro atoms. The Morgan fingerprint density at radius 1 is 1.39 bits per heavy atom. The third-order valence-corrected chi connectivity index (χ3v) is 3.20. The monoisotopic (exact) mass is 247 g/mol. The molecule has 1 aliphatic heterocycles. The summed E-state index contributed by atoms with van der Waals surface area (Å²) in [7, 11) is 0. The van der Waals surface area contributed by atoms with Crippen molar-refractivity contribution in [2.24, 2.45) is 0 Å². The number of benzene rings is 1. The van der Waals surface area contributed by atoms with Crippen LogP contribution in [0.5, 0.6) is 0 Å². The molecule has 0 aromatic heterocycles. The van der Waals surface area contributed by atoms with E-state index in [4.69, 9.17) is 0 Å². The normalized spacial score (nSPS) is 16.7. The smallest absolute Gasteiger partial charge is 0.317 e. The predicted molar refractivity (Wildman–Crippen MR) is 72.6 cm³/mol. The molecule has 1 aromatic rings. The van der Waals surface area contributed by atoms with Crippen LogP contribution in [0.1, 0.15) is 12.5 Å². The van der Waals surface area contributed by atoms with Gasteiger partial charge in [0.05, 0.1) is 0 Å². The number of nitrogens with one attached hydrogen (secondary N) is 2. The number of hydrogen-bond donors (Lipinski definition) is 2. The number of amides is 2. The van der Waals surface area contributed by atoms with Crippen LogP contribution in [0.3, 0.4) is 0 Å². The summed E-state index contributed by atoms with van der Waals surface area (Å²) in [5.41, 5.74) is 1.34. The summed E-state index contributed by atoms with van der Waals surface area (Å²) < 4.78 is 0. The first-order chi connectivity index (χ1) is 8.75. The second-order valence-electron chi connectivity index (χ2n) is 4.76. The Hall–Kier alpha value is -1.55. The van der Waals surface area contributed by atoms with E-state index in [0.29, 0.717) is 6.04 Å². The standard InChI is InChI=1S/C14H21N3O/c1-12(11-13-5-3-2-4-6-13)15-7-9-17-10-8-16-14(17)18/h2-6,12,15H,7-11H2,1H3,(H,16,18). The quantitative estimate of drug-likeness (QED) is 0.794. The Morgan fingerprint density at radius 3 is 2.83 bits per heavy atom. The van der Waals surface area contributed by atoms with Crippen LogP contribution in [0.25, 0.3) is 0 Å². The van der Waals surface area contributed by atoms with E-state index in [2.05, 4.69) is 41.8 Å². The Balaban J connectivity index is 1.66. The molecule has 1 atom stereocenters. The number of urea groups is 1. The molecule has 2 amide bonds. The van der Waals surface area contributed by atoms with Crippen LogP contribution in [0, 0.1) is 0 Å². The van der Waals surface area contributed by atoms with Gasteiger partial charge in [0.25, 0.3) is 0 Å². The number of carbonyl (C=O) groups excluding carboxylic acids is 1. The average molecular weight is 247 g/mol. The lowest BCUT2D eigenvalue weighted by Gasteiger charge is -2.18. The molecule has 0 saturated carbocycles. The molecule has 1 heterocycles. The molecule has 1 saturated heterocycles. The van der Waals surface area contributed by atoms with Gasteiger partial charge in [0.1, 0.15) is 0 Å². The lowest BCUT2D eigenvalue weighted by atomic mass is 10.1. The Kier molecular flexibility index (Phi) is 4.59. The highest BCUT2D eigenvalue weighted by Crippen LogP contribution is 2.02.